The molecular formula is C18H24N2O5. The van der Waals surface area contributed by atoms with E-state index in [4.69, 9.17) is 4.74 Å². The third kappa shape index (κ3) is 5.29. The molecule has 7 heteroatoms. The standard InChI is InChI=1S/C18H24N2O5/c1-14(21)20(10-7-15-5-3-2-4-6-15)13-16(22)19-18(17(23)24)8-11-25-12-9-18/h2-6H,7-13H2,1H3,(H,19,22)(H,23,24). The molecule has 0 saturated carbocycles. The second-order valence-electron chi connectivity index (χ2n) is 6.22. The smallest absolute Gasteiger partial charge is 0.329 e. The number of carboxylic acids is 1. The van der Waals surface area contributed by atoms with E-state index in [9.17, 15) is 19.5 Å². The van der Waals surface area contributed by atoms with Gasteiger partial charge in [0.2, 0.25) is 11.8 Å². The zero-order chi connectivity index (χ0) is 18.3. The molecule has 1 fully saturated rings. The van der Waals surface area contributed by atoms with Gasteiger partial charge in [-0.1, -0.05) is 30.3 Å². The van der Waals surface area contributed by atoms with E-state index < -0.39 is 17.4 Å². The van der Waals surface area contributed by atoms with Gasteiger partial charge in [0.15, 0.2) is 0 Å². The van der Waals surface area contributed by atoms with Crippen molar-refractivity contribution in [2.75, 3.05) is 26.3 Å². The van der Waals surface area contributed by atoms with E-state index in [0.717, 1.165) is 5.56 Å². The van der Waals surface area contributed by atoms with Gasteiger partial charge in [0, 0.05) is 39.5 Å². The molecule has 1 saturated heterocycles. The van der Waals surface area contributed by atoms with E-state index >= 15 is 0 Å². The number of carbonyl (C=O) groups is 3. The lowest BCUT2D eigenvalue weighted by Gasteiger charge is -2.34. The second kappa shape index (κ2) is 8.62. The molecule has 1 aromatic carbocycles. The minimum absolute atomic E-state index is 0.155. The lowest BCUT2D eigenvalue weighted by Crippen LogP contribution is -2.59. The highest BCUT2D eigenvalue weighted by Crippen LogP contribution is 2.21. The number of rotatable bonds is 7. The summed E-state index contributed by atoms with van der Waals surface area (Å²) >= 11 is 0. The molecule has 0 aliphatic carbocycles. The highest BCUT2D eigenvalue weighted by Gasteiger charge is 2.41. The Hall–Kier alpha value is -2.41. The van der Waals surface area contributed by atoms with Crippen molar-refractivity contribution in [1.82, 2.24) is 10.2 Å². The van der Waals surface area contributed by atoms with Crippen molar-refractivity contribution in [1.29, 1.82) is 0 Å². The van der Waals surface area contributed by atoms with Crippen molar-refractivity contribution in [2.24, 2.45) is 0 Å². The van der Waals surface area contributed by atoms with Gasteiger partial charge in [-0.15, -0.1) is 0 Å². The number of carboxylic acid groups (broad SMARTS) is 1. The predicted octanol–water partition coefficient (Wildman–Crippen LogP) is 0.828. The van der Waals surface area contributed by atoms with Crippen LogP contribution in [0.4, 0.5) is 0 Å². The summed E-state index contributed by atoms with van der Waals surface area (Å²) in [5, 5.41) is 12.1. The summed E-state index contributed by atoms with van der Waals surface area (Å²) < 4.78 is 5.18. The molecule has 1 aromatic rings. The van der Waals surface area contributed by atoms with Crippen molar-refractivity contribution < 1.29 is 24.2 Å². The van der Waals surface area contributed by atoms with E-state index in [1.807, 2.05) is 30.3 Å². The molecule has 25 heavy (non-hydrogen) atoms. The minimum Gasteiger partial charge on any atom is -0.480 e. The van der Waals surface area contributed by atoms with Gasteiger partial charge >= 0.3 is 5.97 Å². The number of benzene rings is 1. The highest BCUT2D eigenvalue weighted by atomic mass is 16.5. The van der Waals surface area contributed by atoms with Crippen LogP contribution in [-0.2, 0) is 25.5 Å². The lowest BCUT2D eigenvalue weighted by atomic mass is 9.90. The summed E-state index contributed by atoms with van der Waals surface area (Å²) in [5.41, 5.74) is -0.238. The van der Waals surface area contributed by atoms with Crippen molar-refractivity contribution in [3.05, 3.63) is 35.9 Å². The van der Waals surface area contributed by atoms with Gasteiger partial charge in [0.05, 0.1) is 6.54 Å². The van der Waals surface area contributed by atoms with Crippen LogP contribution in [0.15, 0.2) is 30.3 Å². The number of aliphatic carboxylic acids is 1. The maximum Gasteiger partial charge on any atom is 0.329 e. The summed E-state index contributed by atoms with van der Waals surface area (Å²) in [5.74, 6) is -1.75. The van der Waals surface area contributed by atoms with Crippen LogP contribution < -0.4 is 5.32 Å². The largest absolute Gasteiger partial charge is 0.480 e. The van der Waals surface area contributed by atoms with Crippen molar-refractivity contribution in [3.63, 3.8) is 0 Å². The number of ether oxygens (including phenoxy) is 1. The Labute approximate surface area is 147 Å². The van der Waals surface area contributed by atoms with Gasteiger partial charge in [0.1, 0.15) is 5.54 Å². The molecule has 2 amide bonds. The second-order valence-corrected chi connectivity index (χ2v) is 6.22. The average molecular weight is 348 g/mol. The summed E-state index contributed by atoms with van der Waals surface area (Å²) in [6.45, 7) is 2.22. The monoisotopic (exact) mass is 348 g/mol. The molecule has 1 aliphatic heterocycles. The Kier molecular flexibility index (Phi) is 6.52. The Morgan fingerprint density at radius 1 is 1.20 bits per heavy atom. The SMILES string of the molecule is CC(=O)N(CCc1ccccc1)CC(=O)NC1(C(=O)O)CCOCC1. The molecule has 1 heterocycles. The van der Waals surface area contributed by atoms with Gasteiger partial charge < -0.3 is 20.1 Å². The molecule has 0 atom stereocenters. The average Bonchev–Trinajstić information content (AvgIpc) is 2.60. The summed E-state index contributed by atoms with van der Waals surface area (Å²) in [6, 6.07) is 9.67. The first-order chi connectivity index (χ1) is 11.9. The Morgan fingerprint density at radius 2 is 1.84 bits per heavy atom. The van der Waals surface area contributed by atoms with Crippen LogP contribution in [0.5, 0.6) is 0 Å². The maximum absolute atomic E-state index is 12.3. The quantitative estimate of drug-likeness (QED) is 0.761. The van der Waals surface area contributed by atoms with Crippen molar-refractivity contribution in [3.8, 4) is 0 Å². The molecule has 0 aromatic heterocycles. The predicted molar refractivity (Wildman–Crippen MR) is 91.0 cm³/mol. The summed E-state index contributed by atoms with van der Waals surface area (Å²) in [4.78, 5) is 37.2. The molecular weight excluding hydrogens is 324 g/mol. The van der Waals surface area contributed by atoms with Crippen LogP contribution in [0.25, 0.3) is 0 Å². The first-order valence-electron chi connectivity index (χ1n) is 8.34. The summed E-state index contributed by atoms with van der Waals surface area (Å²) in [6.07, 6.45) is 1.07. The molecule has 0 bridgehead atoms. The Balaban J connectivity index is 1.95. The van der Waals surface area contributed by atoms with Crippen molar-refractivity contribution >= 4 is 17.8 Å². The topological polar surface area (TPSA) is 95.9 Å². The number of nitrogens with zero attached hydrogens (tertiary/aromatic N) is 1. The van der Waals surface area contributed by atoms with E-state index in [1.165, 1.54) is 11.8 Å². The Morgan fingerprint density at radius 3 is 2.40 bits per heavy atom. The normalized spacial score (nSPS) is 16.0. The zero-order valence-corrected chi connectivity index (χ0v) is 14.4. The van der Waals surface area contributed by atoms with Gasteiger partial charge in [0.25, 0.3) is 0 Å². The zero-order valence-electron chi connectivity index (χ0n) is 14.4. The highest BCUT2D eigenvalue weighted by molar-refractivity contribution is 5.89. The third-order valence-corrected chi connectivity index (χ3v) is 4.43. The molecule has 0 spiro atoms. The fourth-order valence-corrected chi connectivity index (χ4v) is 2.85. The number of hydrogen-bond donors (Lipinski definition) is 2. The molecule has 7 nitrogen and oxygen atoms in total. The van der Waals surface area contributed by atoms with E-state index in [-0.39, 0.29) is 38.5 Å². The van der Waals surface area contributed by atoms with Gasteiger partial charge in [-0.2, -0.15) is 0 Å². The minimum atomic E-state index is -1.31. The molecule has 1 aliphatic rings. The third-order valence-electron chi connectivity index (χ3n) is 4.43. The fourth-order valence-electron chi connectivity index (χ4n) is 2.85. The van der Waals surface area contributed by atoms with Crippen LogP contribution in [0.3, 0.4) is 0 Å². The van der Waals surface area contributed by atoms with E-state index in [0.29, 0.717) is 13.0 Å². The first-order valence-corrected chi connectivity index (χ1v) is 8.34. The van der Waals surface area contributed by atoms with Gasteiger partial charge in [-0.3, -0.25) is 9.59 Å². The fraction of sp³-hybridized carbons (Fsp3) is 0.500. The molecule has 2 rings (SSSR count). The molecule has 0 unspecified atom stereocenters. The number of carbonyl (C=O) groups excluding carboxylic acids is 2. The van der Waals surface area contributed by atoms with E-state index in [1.54, 1.807) is 0 Å². The van der Waals surface area contributed by atoms with Crippen LogP contribution in [-0.4, -0.2) is 59.6 Å². The number of amides is 2. The molecule has 0 radical (unpaired) electrons. The van der Waals surface area contributed by atoms with Crippen LogP contribution in [0.2, 0.25) is 0 Å². The lowest BCUT2D eigenvalue weighted by molar-refractivity contribution is -0.152. The van der Waals surface area contributed by atoms with Crippen LogP contribution in [0, 0.1) is 0 Å². The number of hydrogen-bond acceptors (Lipinski definition) is 4. The van der Waals surface area contributed by atoms with E-state index in [2.05, 4.69) is 5.32 Å². The van der Waals surface area contributed by atoms with Crippen molar-refractivity contribution in [2.45, 2.75) is 31.7 Å². The van der Waals surface area contributed by atoms with Crippen LogP contribution >= 0.6 is 0 Å². The molecule has 2 N–H and O–H groups in total. The van der Waals surface area contributed by atoms with Crippen LogP contribution in [0.1, 0.15) is 25.3 Å². The molecule has 136 valence electrons. The number of nitrogens with one attached hydrogen (secondary N) is 1. The summed E-state index contributed by atoms with van der Waals surface area (Å²) in [7, 11) is 0. The first kappa shape index (κ1) is 18.9. The van der Waals surface area contributed by atoms with Gasteiger partial charge in [-0.05, 0) is 12.0 Å². The Bertz CT molecular complexity index is 611. The maximum atomic E-state index is 12.3. The van der Waals surface area contributed by atoms with Gasteiger partial charge in [-0.25, -0.2) is 4.79 Å².